The van der Waals surface area contributed by atoms with E-state index in [1.165, 1.54) is 57.8 Å². The molecule has 2 heteroatoms. The molecule has 1 unspecified atom stereocenters. The lowest BCUT2D eigenvalue weighted by Crippen LogP contribution is -2.15. The summed E-state index contributed by atoms with van der Waals surface area (Å²) in [4.78, 5) is 0. The average molecular weight is 251 g/mol. The van der Waals surface area contributed by atoms with Crippen molar-refractivity contribution >= 4 is 0 Å². The van der Waals surface area contributed by atoms with Gasteiger partial charge in [-0.3, -0.25) is 0 Å². The highest BCUT2D eigenvalue weighted by atomic mass is 16.3. The number of hydrogen-bond donors (Lipinski definition) is 1. The van der Waals surface area contributed by atoms with Crippen LogP contribution in [-0.4, -0.2) is 7.05 Å². The molecule has 1 aromatic rings. The van der Waals surface area contributed by atoms with Gasteiger partial charge in [0.1, 0.15) is 5.76 Å². The monoisotopic (exact) mass is 251 g/mol. The molecule has 1 N–H and O–H groups in total. The molecule has 0 saturated carbocycles. The van der Waals surface area contributed by atoms with E-state index in [2.05, 4.69) is 18.3 Å². The van der Waals surface area contributed by atoms with Crippen molar-refractivity contribution in [3.8, 4) is 0 Å². The molecule has 0 amide bonds. The van der Waals surface area contributed by atoms with Gasteiger partial charge in [0.25, 0.3) is 0 Å². The quantitative estimate of drug-likeness (QED) is 0.555. The molecule has 0 radical (unpaired) electrons. The van der Waals surface area contributed by atoms with Crippen LogP contribution in [0.25, 0.3) is 0 Å². The molecule has 0 saturated heterocycles. The second-order valence-electron chi connectivity index (χ2n) is 5.12. The third-order valence-electron chi connectivity index (χ3n) is 3.58. The zero-order valence-electron chi connectivity index (χ0n) is 12.1. The van der Waals surface area contributed by atoms with E-state index in [1.807, 2.05) is 13.1 Å². The lowest BCUT2D eigenvalue weighted by molar-refractivity contribution is 0.401. The van der Waals surface area contributed by atoms with Gasteiger partial charge in [-0.15, -0.1) is 0 Å². The summed E-state index contributed by atoms with van der Waals surface area (Å²) in [7, 11) is 2.01. The first-order valence-electron chi connectivity index (χ1n) is 7.59. The summed E-state index contributed by atoms with van der Waals surface area (Å²) in [5.74, 6) is 1.07. The van der Waals surface area contributed by atoms with Crippen LogP contribution in [0.4, 0.5) is 0 Å². The largest absolute Gasteiger partial charge is 0.468 e. The fraction of sp³-hybridized carbons (Fsp3) is 0.750. The Hall–Kier alpha value is -0.760. The number of hydrogen-bond acceptors (Lipinski definition) is 2. The van der Waals surface area contributed by atoms with Gasteiger partial charge in [0.2, 0.25) is 0 Å². The van der Waals surface area contributed by atoms with Crippen LogP contribution in [0, 0.1) is 0 Å². The zero-order chi connectivity index (χ0) is 13.1. The van der Waals surface area contributed by atoms with Crippen molar-refractivity contribution in [2.24, 2.45) is 0 Å². The SMILES string of the molecule is CCCCCCCCCCC(NC)c1ccco1. The number of unbranched alkanes of at least 4 members (excludes halogenated alkanes) is 7. The molecule has 0 aliphatic carbocycles. The van der Waals surface area contributed by atoms with Crippen LogP contribution >= 0.6 is 0 Å². The van der Waals surface area contributed by atoms with Crippen molar-refractivity contribution in [1.29, 1.82) is 0 Å². The third kappa shape index (κ3) is 6.25. The maximum absolute atomic E-state index is 5.45. The molecule has 1 rings (SSSR count). The molecule has 0 fully saturated rings. The van der Waals surface area contributed by atoms with Gasteiger partial charge < -0.3 is 9.73 Å². The minimum absolute atomic E-state index is 0.389. The Morgan fingerprint density at radius 2 is 1.72 bits per heavy atom. The van der Waals surface area contributed by atoms with Gasteiger partial charge in [0, 0.05) is 0 Å². The van der Waals surface area contributed by atoms with E-state index >= 15 is 0 Å². The van der Waals surface area contributed by atoms with Crippen LogP contribution in [0.1, 0.15) is 76.5 Å². The first-order chi connectivity index (χ1) is 8.88. The summed E-state index contributed by atoms with van der Waals surface area (Å²) in [5.41, 5.74) is 0. The smallest absolute Gasteiger partial charge is 0.120 e. The first kappa shape index (κ1) is 15.3. The molecule has 0 aliphatic heterocycles. The molecule has 0 bridgehead atoms. The topological polar surface area (TPSA) is 25.2 Å². The summed E-state index contributed by atoms with van der Waals surface area (Å²) >= 11 is 0. The Balaban J connectivity index is 1.99. The van der Waals surface area contributed by atoms with Crippen molar-refractivity contribution in [3.63, 3.8) is 0 Å². The van der Waals surface area contributed by atoms with Gasteiger partial charge in [0.15, 0.2) is 0 Å². The Kier molecular flexibility index (Phi) is 8.66. The van der Waals surface area contributed by atoms with Crippen molar-refractivity contribution in [2.45, 2.75) is 70.8 Å². The van der Waals surface area contributed by atoms with E-state index in [0.717, 1.165) is 5.76 Å². The zero-order valence-corrected chi connectivity index (χ0v) is 12.1. The van der Waals surface area contributed by atoms with E-state index in [-0.39, 0.29) is 0 Å². The summed E-state index contributed by atoms with van der Waals surface area (Å²) in [6.45, 7) is 2.27. The maximum atomic E-state index is 5.45. The molecule has 104 valence electrons. The van der Waals surface area contributed by atoms with E-state index in [9.17, 15) is 0 Å². The van der Waals surface area contributed by atoms with Crippen LogP contribution in [0.3, 0.4) is 0 Å². The average Bonchev–Trinajstić information content (AvgIpc) is 2.91. The Morgan fingerprint density at radius 1 is 1.06 bits per heavy atom. The van der Waals surface area contributed by atoms with E-state index in [1.54, 1.807) is 6.26 Å². The molecule has 18 heavy (non-hydrogen) atoms. The molecule has 2 nitrogen and oxygen atoms in total. The summed E-state index contributed by atoms with van der Waals surface area (Å²) < 4.78 is 5.45. The van der Waals surface area contributed by atoms with Gasteiger partial charge in [-0.05, 0) is 25.6 Å². The third-order valence-corrected chi connectivity index (χ3v) is 3.58. The predicted octanol–water partition coefficient (Wildman–Crippen LogP) is 5.07. The van der Waals surface area contributed by atoms with Gasteiger partial charge >= 0.3 is 0 Å². The minimum Gasteiger partial charge on any atom is -0.468 e. The molecule has 1 heterocycles. The molecular formula is C16H29NO. The van der Waals surface area contributed by atoms with Crippen LogP contribution in [0.15, 0.2) is 22.8 Å². The maximum Gasteiger partial charge on any atom is 0.120 e. The van der Waals surface area contributed by atoms with Gasteiger partial charge in [0.05, 0.1) is 12.3 Å². The lowest BCUT2D eigenvalue weighted by Gasteiger charge is -2.13. The first-order valence-corrected chi connectivity index (χ1v) is 7.59. The van der Waals surface area contributed by atoms with Crippen LogP contribution in [0.2, 0.25) is 0 Å². The van der Waals surface area contributed by atoms with Crippen LogP contribution in [0.5, 0.6) is 0 Å². The van der Waals surface area contributed by atoms with Crippen molar-refractivity contribution < 1.29 is 4.42 Å². The van der Waals surface area contributed by atoms with Gasteiger partial charge in [-0.2, -0.15) is 0 Å². The fourth-order valence-corrected chi connectivity index (χ4v) is 2.40. The Morgan fingerprint density at radius 3 is 2.28 bits per heavy atom. The molecule has 0 aromatic carbocycles. The van der Waals surface area contributed by atoms with E-state index in [4.69, 9.17) is 4.42 Å². The molecule has 0 spiro atoms. The Bertz CT molecular complexity index is 269. The molecule has 0 aliphatic rings. The van der Waals surface area contributed by atoms with Crippen molar-refractivity contribution in [2.75, 3.05) is 7.05 Å². The van der Waals surface area contributed by atoms with Crippen LogP contribution < -0.4 is 5.32 Å². The number of furan rings is 1. The van der Waals surface area contributed by atoms with E-state index < -0.39 is 0 Å². The molecular weight excluding hydrogens is 222 g/mol. The molecule has 1 atom stereocenters. The highest BCUT2D eigenvalue weighted by Gasteiger charge is 2.10. The Labute approximate surface area is 112 Å². The van der Waals surface area contributed by atoms with Crippen LogP contribution in [-0.2, 0) is 0 Å². The van der Waals surface area contributed by atoms with Crippen molar-refractivity contribution in [1.82, 2.24) is 5.32 Å². The second kappa shape index (κ2) is 10.2. The highest BCUT2D eigenvalue weighted by molar-refractivity contribution is 5.03. The van der Waals surface area contributed by atoms with Gasteiger partial charge in [-0.25, -0.2) is 0 Å². The lowest BCUT2D eigenvalue weighted by atomic mass is 10.0. The highest BCUT2D eigenvalue weighted by Crippen LogP contribution is 2.20. The standard InChI is InChI=1S/C16H29NO/c1-3-4-5-6-7-8-9-10-12-15(17-2)16-13-11-14-18-16/h11,13-15,17H,3-10,12H2,1-2H3. The predicted molar refractivity (Wildman–Crippen MR) is 77.7 cm³/mol. The second-order valence-corrected chi connectivity index (χ2v) is 5.12. The number of nitrogens with one attached hydrogen (secondary N) is 1. The van der Waals surface area contributed by atoms with Crippen molar-refractivity contribution in [3.05, 3.63) is 24.2 Å². The summed E-state index contributed by atoms with van der Waals surface area (Å²) in [5, 5.41) is 3.33. The number of rotatable bonds is 11. The van der Waals surface area contributed by atoms with E-state index in [0.29, 0.717) is 6.04 Å². The minimum atomic E-state index is 0.389. The van der Waals surface area contributed by atoms with Gasteiger partial charge in [-0.1, -0.05) is 58.3 Å². The normalized spacial score (nSPS) is 12.8. The fourth-order valence-electron chi connectivity index (χ4n) is 2.40. The summed E-state index contributed by atoms with van der Waals surface area (Å²) in [6.07, 6.45) is 14.0. The summed E-state index contributed by atoms with van der Waals surface area (Å²) in [6, 6.07) is 4.42. The molecule has 1 aromatic heterocycles.